The summed E-state index contributed by atoms with van der Waals surface area (Å²) in [4.78, 5) is 4.25. The molecule has 0 aliphatic rings. The summed E-state index contributed by atoms with van der Waals surface area (Å²) in [5.74, 6) is 0.872. The van der Waals surface area contributed by atoms with Gasteiger partial charge in [-0.05, 0) is 38.1 Å². The number of hydrogen-bond acceptors (Lipinski definition) is 3. The van der Waals surface area contributed by atoms with Gasteiger partial charge in [-0.3, -0.25) is 0 Å². The van der Waals surface area contributed by atoms with Crippen LogP contribution in [0.15, 0.2) is 34.9 Å². The number of halogens is 1. The molecule has 84 valence electrons. The Balaban J connectivity index is 2.19. The van der Waals surface area contributed by atoms with Crippen LogP contribution in [-0.2, 0) is 0 Å². The van der Waals surface area contributed by atoms with Crippen molar-refractivity contribution >= 4 is 22.6 Å². The lowest BCUT2D eigenvalue weighted by Crippen LogP contribution is -2.05. The van der Waals surface area contributed by atoms with E-state index >= 15 is 0 Å². The Labute approximate surface area is 108 Å². The molecule has 0 atom stereocenters. The molecule has 1 aromatic carbocycles. The Morgan fingerprint density at radius 2 is 1.94 bits per heavy atom. The van der Waals surface area contributed by atoms with E-state index in [0.29, 0.717) is 3.90 Å². The monoisotopic (exact) mass is 329 g/mol. The van der Waals surface area contributed by atoms with Crippen molar-refractivity contribution in [3.63, 3.8) is 0 Å². The van der Waals surface area contributed by atoms with Crippen molar-refractivity contribution in [2.75, 3.05) is 0 Å². The zero-order chi connectivity index (χ0) is 11.5. The molecule has 0 fully saturated rings. The lowest BCUT2D eigenvalue weighted by atomic mass is 10.2. The molecule has 2 rings (SSSR count). The standard InChI is InChI=1S/C12H12INO2/c1-8(2)16-10-5-3-9(4-6-10)11-7-15-12(13)14-11/h3-8H,1-2H3. The van der Waals surface area contributed by atoms with Crippen LogP contribution in [0, 0.1) is 3.90 Å². The molecule has 0 saturated heterocycles. The summed E-state index contributed by atoms with van der Waals surface area (Å²) in [6.07, 6.45) is 1.85. The summed E-state index contributed by atoms with van der Waals surface area (Å²) in [7, 11) is 0. The van der Waals surface area contributed by atoms with E-state index in [9.17, 15) is 0 Å². The smallest absolute Gasteiger partial charge is 0.257 e. The first kappa shape index (κ1) is 11.4. The third kappa shape index (κ3) is 2.75. The molecule has 0 N–H and O–H groups in total. The van der Waals surface area contributed by atoms with Crippen molar-refractivity contribution in [1.82, 2.24) is 4.98 Å². The van der Waals surface area contributed by atoms with Crippen molar-refractivity contribution in [2.45, 2.75) is 20.0 Å². The number of benzene rings is 1. The molecule has 4 heteroatoms. The molecule has 0 bridgehead atoms. The van der Waals surface area contributed by atoms with Crippen LogP contribution in [0.1, 0.15) is 13.8 Å². The van der Waals surface area contributed by atoms with Gasteiger partial charge >= 0.3 is 0 Å². The van der Waals surface area contributed by atoms with E-state index in [1.54, 1.807) is 6.26 Å². The molecular weight excluding hydrogens is 317 g/mol. The molecule has 1 aromatic heterocycles. The van der Waals surface area contributed by atoms with Gasteiger partial charge in [0, 0.05) is 28.2 Å². The van der Waals surface area contributed by atoms with Crippen LogP contribution in [0.25, 0.3) is 11.3 Å². The van der Waals surface area contributed by atoms with E-state index in [0.717, 1.165) is 17.0 Å². The van der Waals surface area contributed by atoms with Crippen molar-refractivity contribution in [3.05, 3.63) is 34.4 Å². The van der Waals surface area contributed by atoms with Crippen LogP contribution in [0.3, 0.4) is 0 Å². The van der Waals surface area contributed by atoms with Gasteiger partial charge in [-0.2, -0.15) is 0 Å². The van der Waals surface area contributed by atoms with E-state index in [-0.39, 0.29) is 6.10 Å². The fourth-order valence-electron chi connectivity index (χ4n) is 1.36. The summed E-state index contributed by atoms with van der Waals surface area (Å²) >= 11 is 2.05. The minimum Gasteiger partial charge on any atom is -0.491 e. The SMILES string of the molecule is CC(C)Oc1ccc(-c2coc(I)n2)cc1. The van der Waals surface area contributed by atoms with Crippen molar-refractivity contribution in [2.24, 2.45) is 0 Å². The highest BCUT2D eigenvalue weighted by Crippen LogP contribution is 2.22. The van der Waals surface area contributed by atoms with E-state index < -0.39 is 0 Å². The van der Waals surface area contributed by atoms with Gasteiger partial charge in [-0.25, -0.2) is 4.98 Å². The van der Waals surface area contributed by atoms with E-state index in [1.807, 2.05) is 60.7 Å². The maximum Gasteiger partial charge on any atom is 0.257 e. The number of nitrogens with zero attached hydrogens (tertiary/aromatic N) is 1. The Bertz CT molecular complexity index is 462. The molecule has 0 saturated carbocycles. The zero-order valence-electron chi connectivity index (χ0n) is 9.11. The Morgan fingerprint density at radius 1 is 1.25 bits per heavy atom. The minimum absolute atomic E-state index is 0.193. The molecule has 16 heavy (non-hydrogen) atoms. The molecule has 2 aromatic rings. The average Bonchev–Trinajstić information content (AvgIpc) is 2.65. The minimum atomic E-state index is 0.193. The predicted molar refractivity (Wildman–Crippen MR) is 70.4 cm³/mol. The van der Waals surface area contributed by atoms with Gasteiger partial charge in [-0.1, -0.05) is 0 Å². The maximum atomic E-state index is 5.56. The topological polar surface area (TPSA) is 35.3 Å². The van der Waals surface area contributed by atoms with Crippen LogP contribution in [0.4, 0.5) is 0 Å². The highest BCUT2D eigenvalue weighted by Gasteiger charge is 2.04. The second-order valence-electron chi connectivity index (χ2n) is 3.68. The molecular formula is C12H12INO2. The lowest BCUT2D eigenvalue weighted by molar-refractivity contribution is 0.242. The highest BCUT2D eigenvalue weighted by atomic mass is 127. The summed E-state index contributed by atoms with van der Waals surface area (Å²) in [5.41, 5.74) is 1.88. The first-order valence-electron chi connectivity index (χ1n) is 5.03. The molecule has 1 heterocycles. The molecule has 0 amide bonds. The Kier molecular flexibility index (Phi) is 3.48. The van der Waals surface area contributed by atoms with Crippen molar-refractivity contribution in [1.29, 1.82) is 0 Å². The first-order valence-corrected chi connectivity index (χ1v) is 6.11. The number of hydrogen-bond donors (Lipinski definition) is 0. The normalized spacial score (nSPS) is 10.8. The number of ether oxygens (including phenoxy) is 1. The van der Waals surface area contributed by atoms with Gasteiger partial charge in [0.25, 0.3) is 3.90 Å². The molecule has 0 unspecified atom stereocenters. The fraction of sp³-hybridized carbons (Fsp3) is 0.250. The van der Waals surface area contributed by atoms with Crippen LogP contribution in [0.2, 0.25) is 0 Å². The van der Waals surface area contributed by atoms with Gasteiger partial charge in [0.2, 0.25) is 0 Å². The second-order valence-corrected chi connectivity index (χ2v) is 4.60. The van der Waals surface area contributed by atoms with Crippen LogP contribution in [0.5, 0.6) is 5.75 Å². The molecule has 0 aliphatic heterocycles. The lowest BCUT2D eigenvalue weighted by Gasteiger charge is -2.09. The summed E-state index contributed by atoms with van der Waals surface area (Å²) in [5, 5.41) is 0. The van der Waals surface area contributed by atoms with Crippen LogP contribution >= 0.6 is 22.6 Å². The van der Waals surface area contributed by atoms with E-state index in [4.69, 9.17) is 9.15 Å². The predicted octanol–water partition coefficient (Wildman–Crippen LogP) is 3.73. The summed E-state index contributed by atoms with van der Waals surface area (Å²) in [6.45, 7) is 4.02. The number of aromatic nitrogens is 1. The van der Waals surface area contributed by atoms with Gasteiger partial charge in [0.15, 0.2) is 0 Å². The molecule has 0 aliphatic carbocycles. The van der Waals surface area contributed by atoms with E-state index in [1.165, 1.54) is 0 Å². The molecule has 0 spiro atoms. The molecule has 3 nitrogen and oxygen atoms in total. The largest absolute Gasteiger partial charge is 0.491 e. The molecule has 0 radical (unpaired) electrons. The van der Waals surface area contributed by atoms with Crippen LogP contribution < -0.4 is 4.74 Å². The third-order valence-corrected chi connectivity index (χ3v) is 2.49. The summed E-state index contributed by atoms with van der Waals surface area (Å²) < 4.78 is 11.4. The van der Waals surface area contributed by atoms with Gasteiger partial charge in [0.05, 0.1) is 6.10 Å². The number of rotatable bonds is 3. The fourth-order valence-corrected chi connectivity index (χ4v) is 1.75. The first-order chi connectivity index (χ1) is 7.65. The van der Waals surface area contributed by atoms with Crippen LogP contribution in [-0.4, -0.2) is 11.1 Å². The summed E-state index contributed by atoms with van der Waals surface area (Å²) in [6, 6.07) is 7.84. The van der Waals surface area contributed by atoms with Crippen molar-refractivity contribution < 1.29 is 9.15 Å². The van der Waals surface area contributed by atoms with Gasteiger partial charge in [-0.15, -0.1) is 0 Å². The van der Waals surface area contributed by atoms with Gasteiger partial charge < -0.3 is 9.15 Å². The second kappa shape index (κ2) is 4.86. The Hall–Kier alpha value is -1.04. The zero-order valence-corrected chi connectivity index (χ0v) is 11.3. The Morgan fingerprint density at radius 3 is 2.44 bits per heavy atom. The van der Waals surface area contributed by atoms with Crippen molar-refractivity contribution in [3.8, 4) is 17.0 Å². The highest BCUT2D eigenvalue weighted by molar-refractivity contribution is 14.1. The number of oxazole rings is 1. The van der Waals surface area contributed by atoms with E-state index in [2.05, 4.69) is 4.98 Å². The maximum absolute atomic E-state index is 5.56. The third-order valence-electron chi connectivity index (χ3n) is 2.00. The quantitative estimate of drug-likeness (QED) is 0.805. The average molecular weight is 329 g/mol. The van der Waals surface area contributed by atoms with Gasteiger partial charge in [0.1, 0.15) is 17.7 Å².